The number of hydrogen-bond acceptors (Lipinski definition) is 3. The minimum atomic E-state index is -4.44. The number of hydrogen-bond donors (Lipinski definition) is 3. The van der Waals surface area contributed by atoms with E-state index in [2.05, 4.69) is 9.97 Å². The Kier molecular flexibility index (Phi) is 6.73. The van der Waals surface area contributed by atoms with Gasteiger partial charge in [-0.15, -0.1) is 0 Å². The van der Waals surface area contributed by atoms with E-state index in [0.717, 1.165) is 17.7 Å². The van der Waals surface area contributed by atoms with Gasteiger partial charge in [0, 0.05) is 0 Å². The largest absolute Gasteiger partial charge is 0.405 e. The first-order valence-electron chi connectivity index (χ1n) is 8.43. The first-order chi connectivity index (χ1) is 12.3. The number of H-pyrrole nitrogens is 1. The van der Waals surface area contributed by atoms with Crippen LogP contribution in [-0.2, 0) is 11.3 Å². The summed E-state index contributed by atoms with van der Waals surface area (Å²) in [5.41, 5.74) is 0.268. The lowest BCUT2D eigenvalue weighted by Crippen LogP contribution is -3.12. The molecule has 0 radical (unpaired) electrons. The number of alkyl halides is 3. The maximum absolute atomic E-state index is 12.2. The van der Waals surface area contributed by atoms with E-state index in [9.17, 15) is 22.8 Å². The van der Waals surface area contributed by atoms with Gasteiger partial charge in [0.1, 0.15) is 13.1 Å². The van der Waals surface area contributed by atoms with Crippen LogP contribution in [0.15, 0.2) is 29.1 Å². The van der Waals surface area contributed by atoms with Crippen molar-refractivity contribution in [1.82, 2.24) is 15.3 Å². The number of fused-ring (bicyclic) bond motifs is 1. The van der Waals surface area contributed by atoms with Gasteiger partial charge in [0.25, 0.3) is 11.5 Å². The number of unbranched alkanes of at least 4 members (excludes halogenated alkanes) is 1. The number of quaternary nitrogens is 1. The molecule has 0 fully saturated rings. The number of rotatable bonds is 8. The van der Waals surface area contributed by atoms with Crippen LogP contribution in [0.3, 0.4) is 0 Å². The maximum atomic E-state index is 12.2. The molecule has 1 aromatic heterocycles. The highest BCUT2D eigenvalue weighted by Crippen LogP contribution is 2.11. The molecule has 1 heterocycles. The first-order valence-corrected chi connectivity index (χ1v) is 8.43. The molecule has 0 saturated heterocycles. The van der Waals surface area contributed by atoms with E-state index >= 15 is 0 Å². The molecule has 3 N–H and O–H groups in total. The molecule has 2 rings (SSSR count). The van der Waals surface area contributed by atoms with Crippen LogP contribution in [0.25, 0.3) is 10.9 Å². The van der Waals surface area contributed by atoms with Crippen molar-refractivity contribution in [3.8, 4) is 0 Å². The summed E-state index contributed by atoms with van der Waals surface area (Å²) in [6.45, 7) is 1.36. The zero-order chi connectivity index (χ0) is 19.2. The molecular formula is C17H22F3N4O2+. The topological polar surface area (TPSA) is 79.3 Å². The number of para-hydroxylation sites is 1. The Hall–Kier alpha value is -2.42. The smallest absolute Gasteiger partial charge is 0.342 e. The molecule has 0 bridgehead atoms. The monoisotopic (exact) mass is 371 g/mol. The third-order valence-electron chi connectivity index (χ3n) is 3.86. The molecule has 1 unspecified atom stereocenters. The lowest BCUT2D eigenvalue weighted by Gasteiger charge is -2.19. The van der Waals surface area contributed by atoms with Crippen molar-refractivity contribution in [3.05, 3.63) is 40.4 Å². The fraction of sp³-hybridized carbons (Fsp3) is 0.471. The molecule has 2 aromatic rings. The molecule has 26 heavy (non-hydrogen) atoms. The van der Waals surface area contributed by atoms with Gasteiger partial charge in [-0.1, -0.05) is 25.5 Å². The van der Waals surface area contributed by atoms with Gasteiger partial charge in [-0.25, -0.2) is 4.98 Å². The molecule has 0 saturated carbocycles. The van der Waals surface area contributed by atoms with E-state index < -0.39 is 18.6 Å². The molecule has 0 aliphatic rings. The van der Waals surface area contributed by atoms with Crippen LogP contribution in [0.1, 0.15) is 25.6 Å². The number of aromatic amines is 1. The second-order valence-corrected chi connectivity index (χ2v) is 6.13. The van der Waals surface area contributed by atoms with Crippen molar-refractivity contribution in [2.75, 3.05) is 19.6 Å². The minimum Gasteiger partial charge on any atom is -0.342 e. The van der Waals surface area contributed by atoms with Gasteiger partial charge in [-0.05, 0) is 18.6 Å². The average Bonchev–Trinajstić information content (AvgIpc) is 2.57. The van der Waals surface area contributed by atoms with E-state index in [1.807, 2.05) is 12.2 Å². The molecule has 0 aliphatic heterocycles. The standard InChI is InChI=1S/C17H21F3N4O2/c1-2-3-8-24(10-15(25)21-11-17(18,19)20)9-14-22-13-7-5-4-6-12(13)16(26)23-14/h4-7H,2-3,8-11H2,1H3,(H,21,25)(H,22,23,26)/p+1. The van der Waals surface area contributed by atoms with Crippen LogP contribution in [0, 0.1) is 0 Å². The minimum absolute atomic E-state index is 0.118. The van der Waals surface area contributed by atoms with E-state index in [-0.39, 0.29) is 18.6 Å². The van der Waals surface area contributed by atoms with Gasteiger partial charge in [-0.3, -0.25) is 9.59 Å². The third kappa shape index (κ3) is 6.14. The van der Waals surface area contributed by atoms with Gasteiger partial charge >= 0.3 is 6.18 Å². The molecule has 1 aromatic carbocycles. The molecule has 142 valence electrons. The molecule has 0 aliphatic carbocycles. The summed E-state index contributed by atoms with van der Waals surface area (Å²) in [5, 5.41) is 2.35. The van der Waals surface area contributed by atoms with Crippen LogP contribution in [-0.4, -0.2) is 41.7 Å². The van der Waals surface area contributed by atoms with Crippen molar-refractivity contribution >= 4 is 16.8 Å². The molecule has 1 amide bonds. The number of halogens is 3. The van der Waals surface area contributed by atoms with Gasteiger partial charge in [0.15, 0.2) is 12.4 Å². The van der Waals surface area contributed by atoms with Crippen LogP contribution < -0.4 is 15.8 Å². The van der Waals surface area contributed by atoms with Crippen molar-refractivity contribution < 1.29 is 22.9 Å². The molecule has 0 spiro atoms. The predicted molar refractivity (Wildman–Crippen MR) is 90.7 cm³/mol. The summed E-state index contributed by atoms with van der Waals surface area (Å²) >= 11 is 0. The number of benzene rings is 1. The van der Waals surface area contributed by atoms with E-state index in [4.69, 9.17) is 0 Å². The SMILES string of the molecule is CCCC[NH+](CC(=O)NCC(F)(F)F)Cc1nc2ccccc2c(=O)[nH]1. The molecule has 1 atom stereocenters. The van der Waals surface area contributed by atoms with E-state index in [1.165, 1.54) is 0 Å². The number of carbonyl (C=O) groups excluding carboxylic acids is 1. The fourth-order valence-corrected chi connectivity index (χ4v) is 2.61. The third-order valence-corrected chi connectivity index (χ3v) is 3.86. The summed E-state index contributed by atoms with van der Waals surface area (Å²) in [4.78, 5) is 31.7. The van der Waals surface area contributed by atoms with E-state index in [0.29, 0.717) is 23.3 Å². The predicted octanol–water partition coefficient (Wildman–Crippen LogP) is 0.787. The molecule has 6 nitrogen and oxygen atoms in total. The Morgan fingerprint density at radius 3 is 2.73 bits per heavy atom. The highest BCUT2D eigenvalue weighted by Gasteiger charge is 2.28. The van der Waals surface area contributed by atoms with Gasteiger partial charge < -0.3 is 15.2 Å². The van der Waals surface area contributed by atoms with E-state index in [1.54, 1.807) is 24.3 Å². The Balaban J connectivity index is 2.09. The fourth-order valence-electron chi connectivity index (χ4n) is 2.61. The summed E-state index contributed by atoms with van der Waals surface area (Å²) < 4.78 is 36.7. The Morgan fingerprint density at radius 2 is 2.04 bits per heavy atom. The number of nitrogens with zero attached hydrogens (tertiary/aromatic N) is 1. The first kappa shape index (κ1) is 19.9. The van der Waals surface area contributed by atoms with Crippen molar-refractivity contribution in [1.29, 1.82) is 0 Å². The zero-order valence-electron chi connectivity index (χ0n) is 14.4. The van der Waals surface area contributed by atoms with Crippen LogP contribution in [0.2, 0.25) is 0 Å². The number of aromatic nitrogens is 2. The number of nitrogens with one attached hydrogen (secondary N) is 3. The highest BCUT2D eigenvalue weighted by atomic mass is 19.4. The highest BCUT2D eigenvalue weighted by molar-refractivity contribution is 5.77. The van der Waals surface area contributed by atoms with Gasteiger partial charge in [0.2, 0.25) is 0 Å². The maximum Gasteiger partial charge on any atom is 0.405 e. The summed E-state index contributed by atoms with van der Waals surface area (Å²) in [6, 6.07) is 6.89. The van der Waals surface area contributed by atoms with Crippen LogP contribution >= 0.6 is 0 Å². The lowest BCUT2D eigenvalue weighted by molar-refractivity contribution is -0.906. The second kappa shape index (κ2) is 8.79. The van der Waals surface area contributed by atoms with Gasteiger partial charge in [0.05, 0.1) is 17.4 Å². The number of carbonyl (C=O) groups is 1. The molecule has 9 heteroatoms. The summed E-state index contributed by atoms with van der Waals surface area (Å²) in [6.07, 6.45) is -2.75. The Morgan fingerprint density at radius 1 is 1.31 bits per heavy atom. The van der Waals surface area contributed by atoms with Crippen LogP contribution in [0.4, 0.5) is 13.2 Å². The van der Waals surface area contributed by atoms with Crippen molar-refractivity contribution in [2.45, 2.75) is 32.5 Å². The van der Waals surface area contributed by atoms with Gasteiger partial charge in [-0.2, -0.15) is 13.2 Å². The Labute approximate surface area is 148 Å². The van der Waals surface area contributed by atoms with Crippen molar-refractivity contribution in [3.63, 3.8) is 0 Å². The summed E-state index contributed by atoms with van der Waals surface area (Å²) in [7, 11) is 0. The quantitative estimate of drug-likeness (QED) is 0.642. The average molecular weight is 371 g/mol. The number of amides is 1. The second-order valence-electron chi connectivity index (χ2n) is 6.13. The lowest BCUT2D eigenvalue weighted by atomic mass is 10.2. The normalized spacial score (nSPS) is 12.9. The Bertz CT molecular complexity index is 804. The zero-order valence-corrected chi connectivity index (χ0v) is 14.4. The molecular weight excluding hydrogens is 349 g/mol. The summed E-state index contributed by atoms with van der Waals surface area (Å²) in [5.74, 6) is -0.278. The van der Waals surface area contributed by atoms with Crippen LogP contribution in [0.5, 0.6) is 0 Å². The van der Waals surface area contributed by atoms with Crippen molar-refractivity contribution in [2.24, 2.45) is 0 Å².